The fourth-order valence-corrected chi connectivity index (χ4v) is 4.88. The number of amides is 2. The summed E-state index contributed by atoms with van der Waals surface area (Å²) in [5.74, 6) is 0. The van der Waals surface area contributed by atoms with Crippen molar-refractivity contribution in [1.29, 1.82) is 0 Å². The highest BCUT2D eigenvalue weighted by Crippen LogP contribution is 2.24. The summed E-state index contributed by atoms with van der Waals surface area (Å²) in [6.45, 7) is 6.05. The number of urea groups is 1. The van der Waals surface area contributed by atoms with Gasteiger partial charge in [-0.3, -0.25) is 9.80 Å². The van der Waals surface area contributed by atoms with Crippen LogP contribution in [0.2, 0.25) is 5.02 Å². The lowest BCUT2D eigenvalue weighted by molar-refractivity contribution is -0.117. The minimum atomic E-state index is -0.890. The molecule has 2 heterocycles. The molecule has 2 amide bonds. The number of piperidine rings is 1. The predicted octanol–water partition coefficient (Wildman–Crippen LogP) is 2.90. The van der Waals surface area contributed by atoms with Crippen molar-refractivity contribution in [3.8, 4) is 0 Å². The Morgan fingerprint density at radius 1 is 1.22 bits per heavy atom. The molecule has 2 aliphatic heterocycles. The molecule has 7 nitrogen and oxygen atoms in total. The minimum Gasteiger partial charge on any atom is -0.373 e. The van der Waals surface area contributed by atoms with E-state index in [1.807, 2.05) is 36.4 Å². The Balaban J connectivity index is 1.24. The zero-order valence-corrected chi connectivity index (χ0v) is 19.2. The van der Waals surface area contributed by atoms with Crippen molar-refractivity contribution in [3.63, 3.8) is 0 Å². The van der Waals surface area contributed by atoms with Gasteiger partial charge in [-0.2, -0.15) is 0 Å². The second-order valence-corrected chi connectivity index (χ2v) is 9.24. The van der Waals surface area contributed by atoms with Crippen LogP contribution >= 0.6 is 11.6 Å². The SMILES string of the molecule is NC(=O)NC1(OCC2CN(C3CCN(Cc4ccc(Cl)cc4)CC3)CCO2)C=CC=CC1. The number of halogens is 1. The normalized spacial score (nSPS) is 27.5. The molecule has 0 saturated carbocycles. The Labute approximate surface area is 195 Å². The van der Waals surface area contributed by atoms with Crippen molar-refractivity contribution in [2.45, 2.75) is 43.7 Å². The molecule has 8 heteroatoms. The number of benzene rings is 1. The second-order valence-electron chi connectivity index (χ2n) is 8.80. The average molecular weight is 461 g/mol. The highest BCUT2D eigenvalue weighted by molar-refractivity contribution is 6.30. The highest BCUT2D eigenvalue weighted by atomic mass is 35.5. The third-order valence-corrected chi connectivity index (χ3v) is 6.71. The van der Waals surface area contributed by atoms with Crippen molar-refractivity contribution in [2.75, 3.05) is 39.4 Å². The number of hydrogen-bond acceptors (Lipinski definition) is 5. The molecule has 1 aliphatic carbocycles. The van der Waals surface area contributed by atoms with E-state index in [2.05, 4.69) is 27.2 Å². The summed E-state index contributed by atoms with van der Waals surface area (Å²) < 4.78 is 12.1. The van der Waals surface area contributed by atoms with E-state index in [0.717, 1.165) is 50.6 Å². The molecule has 32 heavy (non-hydrogen) atoms. The molecular weight excluding hydrogens is 428 g/mol. The van der Waals surface area contributed by atoms with Gasteiger partial charge in [-0.1, -0.05) is 42.0 Å². The smallest absolute Gasteiger partial charge is 0.314 e. The first-order chi connectivity index (χ1) is 15.5. The number of carbonyl (C=O) groups is 1. The number of rotatable bonds is 7. The number of nitrogens with one attached hydrogen (secondary N) is 1. The summed E-state index contributed by atoms with van der Waals surface area (Å²) >= 11 is 6.00. The molecule has 3 N–H and O–H groups in total. The van der Waals surface area contributed by atoms with E-state index in [1.165, 1.54) is 5.56 Å². The van der Waals surface area contributed by atoms with E-state index >= 15 is 0 Å². The van der Waals surface area contributed by atoms with Gasteiger partial charge in [0, 0.05) is 37.1 Å². The van der Waals surface area contributed by atoms with E-state index in [9.17, 15) is 4.79 Å². The molecule has 0 bridgehead atoms. The molecule has 0 radical (unpaired) electrons. The lowest BCUT2D eigenvalue weighted by Crippen LogP contribution is -2.55. The number of primary amides is 1. The molecule has 2 fully saturated rings. The van der Waals surface area contributed by atoms with Crippen LogP contribution in [0.1, 0.15) is 24.8 Å². The molecule has 0 spiro atoms. The summed E-state index contributed by atoms with van der Waals surface area (Å²) in [6, 6.07) is 8.11. The van der Waals surface area contributed by atoms with Crippen LogP contribution in [0.4, 0.5) is 4.79 Å². The van der Waals surface area contributed by atoms with Gasteiger partial charge in [-0.25, -0.2) is 4.79 Å². The number of nitrogens with two attached hydrogens (primary N) is 1. The maximum absolute atomic E-state index is 11.5. The molecule has 1 aromatic rings. The summed E-state index contributed by atoms with van der Waals surface area (Å²) in [7, 11) is 0. The van der Waals surface area contributed by atoms with Crippen molar-refractivity contribution in [3.05, 3.63) is 59.2 Å². The van der Waals surface area contributed by atoms with Gasteiger partial charge in [0.05, 0.1) is 19.3 Å². The third-order valence-electron chi connectivity index (χ3n) is 6.46. The largest absolute Gasteiger partial charge is 0.373 e. The van der Waals surface area contributed by atoms with E-state index < -0.39 is 11.8 Å². The fraction of sp³-hybridized carbons (Fsp3) is 0.542. The Morgan fingerprint density at radius 2 is 2.00 bits per heavy atom. The zero-order valence-electron chi connectivity index (χ0n) is 18.4. The summed E-state index contributed by atoms with van der Waals surface area (Å²) in [4.78, 5) is 16.5. The van der Waals surface area contributed by atoms with Gasteiger partial charge >= 0.3 is 6.03 Å². The van der Waals surface area contributed by atoms with Crippen LogP contribution < -0.4 is 11.1 Å². The molecule has 1 aromatic carbocycles. The van der Waals surface area contributed by atoms with Crippen LogP contribution in [0.3, 0.4) is 0 Å². The molecule has 4 rings (SSSR count). The lowest BCUT2D eigenvalue weighted by atomic mass is 10.0. The molecule has 174 valence electrons. The highest BCUT2D eigenvalue weighted by Gasteiger charge is 2.33. The van der Waals surface area contributed by atoms with Gasteiger partial charge in [0.1, 0.15) is 0 Å². The first-order valence-corrected chi connectivity index (χ1v) is 11.8. The maximum atomic E-state index is 11.5. The molecule has 0 aromatic heterocycles. The van der Waals surface area contributed by atoms with Gasteiger partial charge in [0.2, 0.25) is 0 Å². The van der Waals surface area contributed by atoms with E-state index in [1.54, 1.807) is 0 Å². The van der Waals surface area contributed by atoms with Crippen LogP contribution in [-0.4, -0.2) is 73.1 Å². The van der Waals surface area contributed by atoms with Gasteiger partial charge in [-0.05, 0) is 49.7 Å². The van der Waals surface area contributed by atoms with Crippen molar-refractivity contribution in [1.82, 2.24) is 15.1 Å². The van der Waals surface area contributed by atoms with Gasteiger partial charge in [0.15, 0.2) is 5.72 Å². The monoisotopic (exact) mass is 460 g/mol. The molecule has 2 saturated heterocycles. The second kappa shape index (κ2) is 10.8. The summed E-state index contributed by atoms with van der Waals surface area (Å²) in [5, 5.41) is 3.52. The average Bonchev–Trinajstić information content (AvgIpc) is 2.80. The Kier molecular flexibility index (Phi) is 7.86. The lowest BCUT2D eigenvalue weighted by Gasteiger charge is -2.43. The number of carbonyl (C=O) groups excluding carboxylic acids is 1. The topological polar surface area (TPSA) is 80.1 Å². The van der Waals surface area contributed by atoms with Gasteiger partial charge in [0.25, 0.3) is 0 Å². The Bertz CT molecular complexity index is 823. The Hall–Kier alpha value is -1.90. The standard InChI is InChI=1S/C24H33ClN4O3/c25-20-6-4-19(5-7-20)16-28-12-8-21(9-13-28)29-14-15-31-22(17-29)18-32-24(27-23(26)30)10-2-1-3-11-24/h1-7,10,21-22H,8-9,11-18H2,(H3,26,27,30). The number of allylic oxidation sites excluding steroid dienone is 2. The van der Waals surface area contributed by atoms with Crippen molar-refractivity contribution in [2.24, 2.45) is 5.73 Å². The fourth-order valence-electron chi connectivity index (χ4n) is 4.75. The molecule has 2 unspecified atom stereocenters. The minimum absolute atomic E-state index is 0.0262. The van der Waals surface area contributed by atoms with E-state index in [-0.39, 0.29) is 6.10 Å². The number of likely N-dealkylation sites (tertiary alicyclic amines) is 1. The van der Waals surface area contributed by atoms with E-state index in [4.69, 9.17) is 26.8 Å². The molecular formula is C24H33ClN4O3. The number of morpholine rings is 1. The van der Waals surface area contributed by atoms with Crippen LogP contribution in [0, 0.1) is 0 Å². The summed E-state index contributed by atoms with van der Waals surface area (Å²) in [5.41, 5.74) is 5.78. The van der Waals surface area contributed by atoms with Crippen LogP contribution in [-0.2, 0) is 16.0 Å². The third kappa shape index (κ3) is 6.33. The maximum Gasteiger partial charge on any atom is 0.314 e. The first kappa shape index (κ1) is 23.3. The van der Waals surface area contributed by atoms with Gasteiger partial charge < -0.3 is 20.5 Å². The zero-order chi connectivity index (χ0) is 22.4. The first-order valence-electron chi connectivity index (χ1n) is 11.4. The van der Waals surface area contributed by atoms with E-state index in [0.29, 0.717) is 25.7 Å². The summed E-state index contributed by atoms with van der Waals surface area (Å²) in [6.07, 6.45) is 10.4. The number of hydrogen-bond donors (Lipinski definition) is 2. The van der Waals surface area contributed by atoms with Gasteiger partial charge in [-0.15, -0.1) is 0 Å². The Morgan fingerprint density at radius 3 is 2.69 bits per heavy atom. The quantitative estimate of drug-likeness (QED) is 0.611. The predicted molar refractivity (Wildman–Crippen MR) is 125 cm³/mol. The molecule has 3 aliphatic rings. The van der Waals surface area contributed by atoms with Crippen LogP contribution in [0.5, 0.6) is 0 Å². The van der Waals surface area contributed by atoms with Crippen LogP contribution in [0.25, 0.3) is 0 Å². The van der Waals surface area contributed by atoms with Crippen molar-refractivity contribution >= 4 is 17.6 Å². The number of ether oxygens (including phenoxy) is 2. The van der Waals surface area contributed by atoms with Crippen LogP contribution in [0.15, 0.2) is 48.6 Å². The number of nitrogens with zero attached hydrogens (tertiary/aromatic N) is 2. The molecule has 2 atom stereocenters. The van der Waals surface area contributed by atoms with Crippen molar-refractivity contribution < 1.29 is 14.3 Å².